The van der Waals surface area contributed by atoms with E-state index in [-0.39, 0.29) is 5.75 Å². The molecule has 1 aromatic carbocycles. The van der Waals surface area contributed by atoms with E-state index in [1.165, 1.54) is 0 Å². The summed E-state index contributed by atoms with van der Waals surface area (Å²) in [4.78, 5) is 0. The van der Waals surface area contributed by atoms with Gasteiger partial charge in [-0.25, -0.2) is 0 Å². The van der Waals surface area contributed by atoms with Gasteiger partial charge in [0.25, 0.3) is 0 Å². The first-order valence-electron chi connectivity index (χ1n) is 5.17. The Labute approximate surface area is 94.2 Å². The van der Waals surface area contributed by atoms with Crippen molar-refractivity contribution in [3.05, 3.63) is 60.4 Å². The molecule has 0 aliphatic heterocycles. The summed E-state index contributed by atoms with van der Waals surface area (Å²) >= 11 is 0. The molecule has 0 saturated carbocycles. The Kier molecular flexibility index (Phi) is 3.17. The fourth-order valence-corrected chi connectivity index (χ4v) is 1.60. The average molecular weight is 216 g/mol. The van der Waals surface area contributed by atoms with E-state index in [9.17, 15) is 10.2 Å². The summed E-state index contributed by atoms with van der Waals surface area (Å²) in [6.07, 6.45) is 2.84. The zero-order chi connectivity index (χ0) is 11.4. The topological polar surface area (TPSA) is 44.3 Å². The molecule has 3 heteroatoms. The maximum absolute atomic E-state index is 9.96. The molecule has 0 radical (unpaired) electrons. The summed E-state index contributed by atoms with van der Waals surface area (Å²) in [5.74, 6) is 0.197. The van der Waals surface area contributed by atoms with Gasteiger partial charge in [-0.3, -0.25) is 0 Å². The zero-order valence-electron chi connectivity index (χ0n) is 8.82. The van der Waals surface area contributed by atoms with Crippen LogP contribution in [-0.2, 0) is 6.54 Å². The summed E-state index contributed by atoms with van der Waals surface area (Å²) in [6.45, 7) is 0.429. The molecule has 82 valence electrons. The van der Waals surface area contributed by atoms with E-state index < -0.39 is 6.10 Å². The minimum Gasteiger partial charge on any atom is -0.503 e. The van der Waals surface area contributed by atoms with E-state index >= 15 is 0 Å². The Balaban J connectivity index is 2.11. The second kappa shape index (κ2) is 4.77. The van der Waals surface area contributed by atoms with Crippen molar-refractivity contribution in [1.29, 1.82) is 0 Å². The molecule has 0 bridgehead atoms. The van der Waals surface area contributed by atoms with Crippen molar-refractivity contribution in [2.45, 2.75) is 12.6 Å². The van der Waals surface area contributed by atoms with Crippen LogP contribution in [0.25, 0.3) is 0 Å². The molecule has 0 aliphatic rings. The fraction of sp³-hybridized carbons (Fsp3) is 0.154. The van der Waals surface area contributed by atoms with Crippen molar-refractivity contribution in [1.82, 2.24) is 0 Å². The average Bonchev–Trinajstić information content (AvgIpc) is 2.30. The number of aliphatic hydroxyl groups excluding tert-OH is 1. The highest BCUT2D eigenvalue weighted by molar-refractivity contribution is 5.16. The van der Waals surface area contributed by atoms with Crippen molar-refractivity contribution < 1.29 is 14.8 Å². The van der Waals surface area contributed by atoms with Gasteiger partial charge in [-0.2, -0.15) is 4.57 Å². The van der Waals surface area contributed by atoms with Crippen LogP contribution in [0.3, 0.4) is 0 Å². The third kappa shape index (κ3) is 2.58. The van der Waals surface area contributed by atoms with Gasteiger partial charge in [-0.05, 0) is 11.6 Å². The van der Waals surface area contributed by atoms with Gasteiger partial charge >= 0.3 is 0 Å². The van der Waals surface area contributed by atoms with Gasteiger partial charge in [-0.15, -0.1) is 0 Å². The van der Waals surface area contributed by atoms with E-state index in [1.54, 1.807) is 22.9 Å². The second-order valence-electron chi connectivity index (χ2n) is 3.69. The molecule has 2 aromatic rings. The minimum absolute atomic E-state index is 0.197. The number of benzene rings is 1. The molecule has 2 rings (SSSR count). The number of aromatic hydroxyl groups is 1. The predicted octanol–water partition coefficient (Wildman–Crippen LogP) is 1.41. The second-order valence-corrected chi connectivity index (χ2v) is 3.69. The van der Waals surface area contributed by atoms with Crippen LogP contribution >= 0.6 is 0 Å². The Bertz CT molecular complexity index is 456. The summed E-state index contributed by atoms with van der Waals surface area (Å²) in [6, 6.07) is 12.8. The lowest BCUT2D eigenvalue weighted by Gasteiger charge is -2.07. The van der Waals surface area contributed by atoms with Gasteiger partial charge in [0.15, 0.2) is 18.5 Å². The van der Waals surface area contributed by atoms with Crippen LogP contribution < -0.4 is 4.57 Å². The van der Waals surface area contributed by atoms with E-state index in [4.69, 9.17) is 0 Å². The standard InChI is InChI=1S/C13H13NO2/c15-12-7-4-8-14(9-12)10-13(16)11-5-2-1-3-6-11/h1-9,13,16H,10H2/p+1. The van der Waals surface area contributed by atoms with Crippen LogP contribution in [-0.4, -0.2) is 10.2 Å². The highest BCUT2D eigenvalue weighted by Crippen LogP contribution is 2.12. The van der Waals surface area contributed by atoms with Gasteiger partial charge in [0.2, 0.25) is 6.20 Å². The van der Waals surface area contributed by atoms with Gasteiger partial charge in [-0.1, -0.05) is 30.3 Å². The number of aliphatic hydroxyl groups is 1. The molecule has 1 heterocycles. The molecule has 0 spiro atoms. The van der Waals surface area contributed by atoms with E-state index in [2.05, 4.69) is 0 Å². The summed E-state index contributed by atoms with van der Waals surface area (Å²) in [5.41, 5.74) is 0.873. The van der Waals surface area contributed by atoms with Crippen LogP contribution in [0.2, 0.25) is 0 Å². The van der Waals surface area contributed by atoms with Crippen LogP contribution in [0.15, 0.2) is 54.9 Å². The minimum atomic E-state index is -0.562. The molecular formula is C13H14NO2+. The lowest BCUT2D eigenvalue weighted by Crippen LogP contribution is -2.35. The summed E-state index contributed by atoms with van der Waals surface area (Å²) in [7, 11) is 0. The first-order chi connectivity index (χ1) is 7.75. The van der Waals surface area contributed by atoms with Crippen LogP contribution in [0.1, 0.15) is 11.7 Å². The van der Waals surface area contributed by atoms with Crippen molar-refractivity contribution >= 4 is 0 Å². The van der Waals surface area contributed by atoms with Gasteiger partial charge in [0.1, 0.15) is 6.10 Å². The molecule has 0 saturated heterocycles. The highest BCUT2D eigenvalue weighted by atomic mass is 16.3. The molecule has 0 fully saturated rings. The first kappa shape index (κ1) is 10.6. The van der Waals surface area contributed by atoms with Crippen molar-refractivity contribution in [2.24, 2.45) is 0 Å². The van der Waals surface area contributed by atoms with Crippen LogP contribution in [0.4, 0.5) is 0 Å². The quantitative estimate of drug-likeness (QED) is 0.762. The monoisotopic (exact) mass is 216 g/mol. The summed E-state index contributed by atoms with van der Waals surface area (Å²) < 4.78 is 1.76. The smallest absolute Gasteiger partial charge is 0.211 e. The molecule has 1 atom stereocenters. The van der Waals surface area contributed by atoms with Crippen molar-refractivity contribution in [2.75, 3.05) is 0 Å². The maximum atomic E-state index is 9.96. The van der Waals surface area contributed by atoms with Crippen LogP contribution in [0.5, 0.6) is 5.75 Å². The maximum Gasteiger partial charge on any atom is 0.211 e. The predicted molar refractivity (Wildman–Crippen MR) is 59.7 cm³/mol. The third-order valence-corrected chi connectivity index (χ3v) is 2.41. The molecule has 1 aromatic heterocycles. The third-order valence-electron chi connectivity index (χ3n) is 2.41. The molecule has 0 aliphatic carbocycles. The van der Waals surface area contributed by atoms with E-state index in [1.807, 2.05) is 36.5 Å². The lowest BCUT2D eigenvalue weighted by atomic mass is 10.1. The Morgan fingerprint density at radius 2 is 1.81 bits per heavy atom. The van der Waals surface area contributed by atoms with Gasteiger partial charge in [0, 0.05) is 6.07 Å². The van der Waals surface area contributed by atoms with Gasteiger partial charge < -0.3 is 10.2 Å². The van der Waals surface area contributed by atoms with Crippen molar-refractivity contribution in [3.8, 4) is 5.75 Å². The number of rotatable bonds is 3. The van der Waals surface area contributed by atoms with E-state index in [0.717, 1.165) is 5.56 Å². The molecule has 2 N–H and O–H groups in total. The summed E-state index contributed by atoms with van der Waals surface area (Å²) in [5, 5.41) is 19.3. The Hall–Kier alpha value is -1.87. The SMILES string of the molecule is Oc1ccc[n+](CC(O)c2ccccc2)c1. The highest BCUT2D eigenvalue weighted by Gasteiger charge is 2.12. The molecule has 0 amide bonds. The Morgan fingerprint density at radius 1 is 1.06 bits per heavy atom. The van der Waals surface area contributed by atoms with Gasteiger partial charge in [0.05, 0.1) is 0 Å². The fourth-order valence-electron chi connectivity index (χ4n) is 1.60. The molecular weight excluding hydrogens is 202 g/mol. The zero-order valence-corrected chi connectivity index (χ0v) is 8.82. The normalized spacial score (nSPS) is 12.3. The first-order valence-corrected chi connectivity index (χ1v) is 5.17. The Morgan fingerprint density at radius 3 is 2.50 bits per heavy atom. The lowest BCUT2D eigenvalue weighted by molar-refractivity contribution is -0.705. The molecule has 16 heavy (non-hydrogen) atoms. The largest absolute Gasteiger partial charge is 0.503 e. The van der Waals surface area contributed by atoms with E-state index in [0.29, 0.717) is 6.54 Å². The molecule has 3 nitrogen and oxygen atoms in total. The van der Waals surface area contributed by atoms with Crippen LogP contribution in [0, 0.1) is 0 Å². The number of aromatic nitrogens is 1. The number of hydrogen-bond donors (Lipinski definition) is 2. The number of nitrogens with zero attached hydrogens (tertiary/aromatic N) is 1. The number of pyridine rings is 1. The number of hydrogen-bond acceptors (Lipinski definition) is 2. The van der Waals surface area contributed by atoms with Crippen molar-refractivity contribution in [3.63, 3.8) is 0 Å². The molecule has 1 unspecified atom stereocenters.